The molecule has 0 fully saturated rings. The minimum atomic E-state index is -4.40. The molecule has 148 heavy (non-hydrogen) atoms. The molecule has 5 N–H and O–H groups in total. The maximum atomic E-state index is 13.0. The van der Waals surface area contributed by atoms with Gasteiger partial charge in [0.2, 0.25) is 52.2 Å². The van der Waals surface area contributed by atoms with Crippen molar-refractivity contribution in [2.45, 2.75) is 134 Å². The molecule has 0 aliphatic carbocycles. The normalized spacial score (nSPS) is 10.5. The second-order valence-electron chi connectivity index (χ2n) is 31.7. The lowest BCUT2D eigenvalue weighted by molar-refractivity contribution is -0.140. The number of phenolic OH excluding ortho intramolecular Hbond substituents is 3. The van der Waals surface area contributed by atoms with Crippen LogP contribution in [0.15, 0.2) is 194 Å². The van der Waals surface area contributed by atoms with Crippen LogP contribution in [0.2, 0.25) is 0 Å². The highest BCUT2D eigenvalue weighted by Gasteiger charge is 2.32. The van der Waals surface area contributed by atoms with Crippen molar-refractivity contribution in [3.8, 4) is 52.4 Å². The Kier molecular flexibility index (Phi) is 44.8. The van der Waals surface area contributed by atoms with Crippen LogP contribution < -0.4 is 24.7 Å². The van der Waals surface area contributed by atoms with Gasteiger partial charge in [0.05, 0.1) is 100 Å². The molecule has 7 aromatic carbocycles. The number of halogens is 8. The maximum absolute atomic E-state index is 13.0. The van der Waals surface area contributed by atoms with Gasteiger partial charge in [-0.3, -0.25) is 60.8 Å². The van der Waals surface area contributed by atoms with Gasteiger partial charge in [0.25, 0.3) is 0 Å². The standard InChI is InChI=1S/C17H13BrN4O2.C17H16IN3O2.C17H14N4O2.C16H14IN3O2.C12H13IO3.C9H9IO2.C9H10O2.C5H4F3N3.C4H8O2/c1-3-13-14(22-8-9(2)7-20-17(22)21-13)16(24)10-4-11(6-19)15(23)12(18)5-10;1-4-13-15(21-9-10(2)8-19-17(21)20-13)16(22)11-5-6-14(23-3)12(18)7-11;1-3-13-15(21-9-10(2)8-19-17(21)20-13)16(23)11-4-5-14(22)12(6-11)7-18;1-3-12-14(20-8-9(2)7-18-16(20)19-12)15(22)10-4-5-13(21)11(17)6-10;1-3-9(14)7-11(15)8-4-5-12(16-2)10(13)6-8;1-6(11)7-3-4-9(12-2)8(10)5-7;1-7(10)8-3-5-9(11-2)6-4-8;6-5(7,8)3-1-10-4(9)11-2-3;1-3-4(5)6-2/h4-5,7-8,23H,3H2,1-2H3;5-9H,4H2,1-3H3;4-6,8-9,22H,3H2,1-2H3;4-8,21H,3H2,1-2H3;4-6H,3,7H2,1-2H3;3-5H,1-2H3;3-6H,1-2H3;1-2H,(H2,9,10,11);3H2,1-2H3. The Hall–Kier alpha value is -14.5. The number of methoxy groups -OCH3 is 5. The summed E-state index contributed by atoms with van der Waals surface area (Å²) in [6.07, 6.45) is 14.5. The topological polar surface area (TPSA) is 481 Å². The molecule has 768 valence electrons. The summed E-state index contributed by atoms with van der Waals surface area (Å²) >= 11 is 11.6. The van der Waals surface area contributed by atoms with E-state index in [0.29, 0.717) is 150 Å². The zero-order valence-electron chi connectivity index (χ0n) is 83.2. The van der Waals surface area contributed by atoms with Crippen LogP contribution in [-0.2, 0) is 46.2 Å². The molecule has 16 rings (SSSR count). The molecule has 16 aromatic rings. The first-order valence-corrected chi connectivity index (χ1v) is 50.1. The minimum Gasteiger partial charge on any atom is -0.507 e. The molecule has 0 bridgehead atoms. The van der Waals surface area contributed by atoms with Crippen LogP contribution in [0, 0.1) is 64.6 Å². The molecule has 9 heterocycles. The number of anilines is 1. The Balaban J connectivity index is 0.000000208. The number of nitrogens with two attached hydrogens (primary N) is 1. The molecule has 9 aromatic heterocycles. The average molecular weight is 2530 g/mol. The number of fused-ring (bicyclic) bond motifs is 4. The van der Waals surface area contributed by atoms with Crippen LogP contribution in [0.4, 0.5) is 19.1 Å². The molecule has 0 saturated carbocycles. The minimum absolute atomic E-state index is 0.0150. The third kappa shape index (κ3) is 31.5. The molecular weight excluding hydrogens is 2430 g/mol. The number of carbonyl (C=O) groups is 9. The quantitative estimate of drug-likeness (QED) is 0.0200. The van der Waals surface area contributed by atoms with Crippen molar-refractivity contribution in [3.63, 3.8) is 0 Å². The number of aryl methyl sites for hydroxylation is 8. The Labute approximate surface area is 912 Å². The number of aromatic nitrogens is 14. The number of ether oxygens (including phenoxy) is 5. The highest BCUT2D eigenvalue weighted by Crippen LogP contribution is 2.34. The number of nitrogen functional groups attached to an aromatic ring is 1. The maximum Gasteiger partial charge on any atom is 0.419 e. The summed E-state index contributed by atoms with van der Waals surface area (Å²) in [5, 5.41) is 47.2. The summed E-state index contributed by atoms with van der Waals surface area (Å²) in [6.45, 7) is 22.0. The van der Waals surface area contributed by atoms with Gasteiger partial charge < -0.3 is 44.7 Å². The second kappa shape index (κ2) is 55.9. The van der Waals surface area contributed by atoms with Crippen LogP contribution in [0.5, 0.6) is 40.2 Å². The highest BCUT2D eigenvalue weighted by atomic mass is 127. The number of aromatic hydroxyl groups is 3. The first-order chi connectivity index (χ1) is 70.3. The van der Waals surface area contributed by atoms with Gasteiger partial charge in [0, 0.05) is 114 Å². The van der Waals surface area contributed by atoms with E-state index in [2.05, 4.69) is 138 Å². The molecule has 0 saturated heterocycles. The number of ketones is 8. The van der Waals surface area contributed by atoms with E-state index >= 15 is 0 Å². The summed E-state index contributed by atoms with van der Waals surface area (Å²) in [6, 6.07) is 38.8. The van der Waals surface area contributed by atoms with Gasteiger partial charge in [-0.1, -0.05) is 41.5 Å². The van der Waals surface area contributed by atoms with Gasteiger partial charge >= 0.3 is 12.1 Å². The van der Waals surface area contributed by atoms with E-state index in [1.807, 2.05) is 133 Å². The molecule has 0 radical (unpaired) electrons. The average Bonchev–Trinajstić information content (AvgIpc) is 1.64. The number of benzene rings is 7. The van der Waals surface area contributed by atoms with Crippen molar-refractivity contribution < 1.29 is 95.3 Å². The van der Waals surface area contributed by atoms with Crippen LogP contribution in [0.3, 0.4) is 0 Å². The van der Waals surface area contributed by atoms with Gasteiger partial charge in [0.15, 0.2) is 17.3 Å². The van der Waals surface area contributed by atoms with Crippen molar-refractivity contribution in [2.24, 2.45) is 0 Å². The lowest BCUT2D eigenvalue weighted by atomic mass is 10.0. The number of esters is 1. The number of carbonyl (C=O) groups excluding carboxylic acids is 9. The Morgan fingerprint density at radius 1 is 0.412 bits per heavy atom. The second-order valence-corrected chi connectivity index (χ2v) is 37.2. The Morgan fingerprint density at radius 3 is 1.07 bits per heavy atom. The molecule has 0 atom stereocenters. The highest BCUT2D eigenvalue weighted by molar-refractivity contribution is 14.1. The van der Waals surface area contributed by atoms with Gasteiger partial charge in [-0.15, -0.1) is 0 Å². The predicted octanol–water partition coefficient (Wildman–Crippen LogP) is 21.1. The van der Waals surface area contributed by atoms with Crippen molar-refractivity contribution in [3.05, 3.63) is 332 Å². The summed E-state index contributed by atoms with van der Waals surface area (Å²) in [4.78, 5) is 148. The lowest BCUT2D eigenvalue weighted by Gasteiger charge is -2.07. The first kappa shape index (κ1) is 119. The van der Waals surface area contributed by atoms with Crippen LogP contribution >= 0.6 is 106 Å². The fourth-order valence-electron chi connectivity index (χ4n) is 13.4. The summed E-state index contributed by atoms with van der Waals surface area (Å²) in [5.41, 5.74) is 16.5. The van der Waals surface area contributed by atoms with E-state index in [-0.39, 0.29) is 93.0 Å². The number of nitrogens with zero attached hydrogens (tertiary/aromatic N) is 16. The molecule has 0 spiro atoms. The predicted molar refractivity (Wildman–Crippen MR) is 584 cm³/mol. The van der Waals surface area contributed by atoms with E-state index in [4.69, 9.17) is 35.2 Å². The van der Waals surface area contributed by atoms with E-state index in [0.717, 1.165) is 72.9 Å². The van der Waals surface area contributed by atoms with Crippen molar-refractivity contribution >= 4 is 188 Å². The molecule has 0 unspecified atom stereocenters. The fourth-order valence-corrected chi connectivity index (χ4v) is 16.6. The third-order valence-corrected chi connectivity index (χ3v) is 25.2. The van der Waals surface area contributed by atoms with Gasteiger partial charge in [-0.25, -0.2) is 49.8 Å². The zero-order chi connectivity index (χ0) is 109. The van der Waals surface area contributed by atoms with E-state index in [1.165, 1.54) is 43.5 Å². The van der Waals surface area contributed by atoms with E-state index < -0.39 is 11.7 Å². The monoisotopic (exact) mass is 2530 g/mol. The van der Waals surface area contributed by atoms with Crippen LogP contribution in [0.1, 0.15) is 232 Å². The number of phenols is 3. The zero-order valence-corrected chi connectivity index (χ0v) is 93.4. The summed E-state index contributed by atoms with van der Waals surface area (Å²) in [7, 11) is 7.80. The molecule has 0 aliphatic heterocycles. The van der Waals surface area contributed by atoms with E-state index in [9.17, 15) is 71.6 Å². The number of hydrogen-bond donors (Lipinski definition) is 4. The van der Waals surface area contributed by atoms with Crippen molar-refractivity contribution in [1.29, 1.82) is 10.5 Å². The number of Topliss-reactive ketones (excluding diaryl/α,β-unsaturated/α-hetero) is 4. The Morgan fingerprint density at radius 2 is 0.743 bits per heavy atom. The molecule has 0 amide bonds. The SMILES string of the molecule is CCC(=O)CC(=O)c1ccc(OC)c(I)c1.CCC(=O)OC.CCc1nc2ncc(C)cn2c1C(=O)c1cc(Br)c(O)c(C#N)c1.CCc1nc2ncc(C)cn2c1C(=O)c1ccc(O)c(C#N)c1.CCc1nc2ncc(C)cn2c1C(=O)c1ccc(O)c(I)c1.CCc1nc2ncc(C)cn2c1C(=O)c1ccc(OC)c(I)c1.COc1ccc(C(C)=O)cc1.COc1ccc(C(C)=O)cc1I.Nc1ncc(C(F)(F)F)cn1. The van der Waals surface area contributed by atoms with Crippen LogP contribution in [-0.4, -0.2) is 171 Å². The van der Waals surface area contributed by atoms with Crippen molar-refractivity contribution in [2.75, 3.05) is 41.3 Å². The van der Waals surface area contributed by atoms with E-state index in [1.54, 1.807) is 171 Å². The summed E-state index contributed by atoms with van der Waals surface area (Å²) < 4.78 is 70.6. The fraction of sp³-hybridized carbons (Fsp3) is 0.236. The first-order valence-electron chi connectivity index (χ1n) is 44.9. The molecule has 42 heteroatoms. The van der Waals surface area contributed by atoms with Gasteiger partial charge in [-0.2, -0.15) is 23.7 Å². The number of alkyl halides is 3. The van der Waals surface area contributed by atoms with Crippen LogP contribution in [0.25, 0.3) is 23.1 Å². The number of nitriles is 2. The number of hydrogen-bond acceptors (Lipinski definition) is 30. The third-order valence-electron chi connectivity index (χ3n) is 21.2. The summed E-state index contributed by atoms with van der Waals surface area (Å²) in [5.74, 6) is 3.90. The Bertz CT molecular complexity index is 7680. The van der Waals surface area contributed by atoms with Gasteiger partial charge in [-0.05, 0) is 323 Å². The lowest BCUT2D eigenvalue weighted by Crippen LogP contribution is -2.09. The largest absolute Gasteiger partial charge is 0.507 e. The molecule has 0 aliphatic rings. The molecular formula is C106H101BrF3I4N17O17. The number of imidazole rings is 4. The van der Waals surface area contributed by atoms with Gasteiger partial charge in [0.1, 0.15) is 80.9 Å². The molecule has 34 nitrogen and oxygen atoms in total. The van der Waals surface area contributed by atoms with Crippen molar-refractivity contribution in [1.82, 2.24) is 67.4 Å². The number of rotatable bonds is 23. The smallest absolute Gasteiger partial charge is 0.419 e.